The molecule has 6 heteroatoms. The van der Waals surface area contributed by atoms with Crippen molar-refractivity contribution in [3.8, 4) is 0 Å². The van der Waals surface area contributed by atoms with Crippen molar-refractivity contribution in [1.29, 1.82) is 0 Å². The van der Waals surface area contributed by atoms with Gasteiger partial charge in [-0.1, -0.05) is 29.3 Å². The minimum absolute atomic E-state index is 0.109. The van der Waals surface area contributed by atoms with Crippen LogP contribution in [0, 0.1) is 11.8 Å². The Kier molecular flexibility index (Phi) is 4.09. The molecule has 2 fully saturated rings. The fourth-order valence-corrected chi connectivity index (χ4v) is 3.25. The van der Waals surface area contributed by atoms with Gasteiger partial charge in [0.25, 0.3) is 0 Å². The van der Waals surface area contributed by atoms with Crippen LogP contribution in [0.15, 0.2) is 18.2 Å². The van der Waals surface area contributed by atoms with Crippen LogP contribution in [0.3, 0.4) is 0 Å². The average molecular weight is 327 g/mol. The number of rotatable bonds is 3. The van der Waals surface area contributed by atoms with Gasteiger partial charge in [-0.15, -0.1) is 0 Å². The van der Waals surface area contributed by atoms with E-state index in [1.807, 2.05) is 4.90 Å². The third kappa shape index (κ3) is 3.01. The number of amides is 2. The third-order valence-electron chi connectivity index (χ3n) is 4.07. The zero-order valence-electron chi connectivity index (χ0n) is 11.4. The van der Waals surface area contributed by atoms with Gasteiger partial charge in [0, 0.05) is 13.1 Å². The molecule has 0 aromatic heterocycles. The van der Waals surface area contributed by atoms with Crippen LogP contribution in [0.4, 0.5) is 5.69 Å². The van der Waals surface area contributed by atoms with Gasteiger partial charge in [0.2, 0.25) is 11.8 Å². The number of para-hydroxylation sites is 1. The Balaban J connectivity index is 1.61. The number of nitrogens with zero attached hydrogens (tertiary/aromatic N) is 1. The number of hydrogen-bond donors (Lipinski definition) is 1. The van der Waals surface area contributed by atoms with Gasteiger partial charge in [-0.25, -0.2) is 0 Å². The smallest absolute Gasteiger partial charge is 0.228 e. The third-order valence-corrected chi connectivity index (χ3v) is 4.70. The van der Waals surface area contributed by atoms with E-state index in [1.165, 1.54) is 0 Å². The topological polar surface area (TPSA) is 49.4 Å². The number of carbonyl (C=O) groups is 2. The molecule has 2 atom stereocenters. The van der Waals surface area contributed by atoms with Crippen LogP contribution in [-0.4, -0.2) is 29.8 Å². The van der Waals surface area contributed by atoms with E-state index in [0.29, 0.717) is 22.2 Å². The summed E-state index contributed by atoms with van der Waals surface area (Å²) in [6, 6.07) is 5.06. The first-order chi connectivity index (χ1) is 10.1. The van der Waals surface area contributed by atoms with Crippen LogP contribution in [0.1, 0.15) is 19.3 Å². The van der Waals surface area contributed by atoms with Gasteiger partial charge in [0.1, 0.15) is 0 Å². The van der Waals surface area contributed by atoms with Crippen LogP contribution in [0.5, 0.6) is 0 Å². The van der Waals surface area contributed by atoms with Crippen molar-refractivity contribution in [2.75, 3.05) is 18.4 Å². The Hall–Kier alpha value is -1.26. The predicted octanol–water partition coefficient (Wildman–Crippen LogP) is 3.19. The van der Waals surface area contributed by atoms with E-state index in [1.54, 1.807) is 18.2 Å². The number of anilines is 1. The Bertz CT molecular complexity index is 565. The van der Waals surface area contributed by atoms with Crippen LogP contribution in [-0.2, 0) is 9.59 Å². The van der Waals surface area contributed by atoms with Crippen LogP contribution in [0.25, 0.3) is 0 Å². The summed E-state index contributed by atoms with van der Waals surface area (Å²) in [6.07, 6.45) is 2.73. The number of likely N-dealkylation sites (tertiary alicyclic amines) is 1. The highest BCUT2D eigenvalue weighted by atomic mass is 35.5. The van der Waals surface area contributed by atoms with Gasteiger partial charge >= 0.3 is 0 Å². The van der Waals surface area contributed by atoms with Crippen LogP contribution in [0.2, 0.25) is 10.0 Å². The van der Waals surface area contributed by atoms with Crippen LogP contribution < -0.4 is 5.32 Å². The van der Waals surface area contributed by atoms with Crippen molar-refractivity contribution >= 4 is 40.7 Å². The lowest BCUT2D eigenvalue weighted by Crippen LogP contribution is -2.30. The molecule has 2 amide bonds. The SMILES string of the molecule is O=C(Nc1c(Cl)cccc1Cl)C1CC1C(=O)N1CCCC1. The number of hydrogen-bond acceptors (Lipinski definition) is 2. The first-order valence-electron chi connectivity index (χ1n) is 7.11. The summed E-state index contributed by atoms with van der Waals surface area (Å²) in [4.78, 5) is 26.3. The fourth-order valence-electron chi connectivity index (χ4n) is 2.76. The molecule has 0 bridgehead atoms. The average Bonchev–Trinajstić information content (AvgIpc) is 3.07. The molecule has 3 rings (SSSR count). The Labute approximate surface area is 133 Å². The lowest BCUT2D eigenvalue weighted by atomic mass is 10.2. The van der Waals surface area contributed by atoms with Crippen LogP contribution >= 0.6 is 23.2 Å². The maximum atomic E-state index is 12.2. The summed E-state index contributed by atoms with van der Waals surface area (Å²) in [5, 5.41) is 3.55. The van der Waals surface area contributed by atoms with Gasteiger partial charge in [0.15, 0.2) is 0 Å². The molecule has 1 saturated heterocycles. The lowest BCUT2D eigenvalue weighted by molar-refractivity contribution is -0.133. The number of nitrogens with one attached hydrogen (secondary N) is 1. The number of carbonyl (C=O) groups excluding carboxylic acids is 2. The van der Waals surface area contributed by atoms with Crippen molar-refractivity contribution in [2.24, 2.45) is 11.8 Å². The minimum Gasteiger partial charge on any atom is -0.342 e. The van der Waals surface area contributed by atoms with Gasteiger partial charge in [-0.05, 0) is 31.4 Å². The second-order valence-electron chi connectivity index (χ2n) is 5.57. The van der Waals surface area contributed by atoms with E-state index in [2.05, 4.69) is 5.32 Å². The monoisotopic (exact) mass is 326 g/mol. The molecule has 1 N–H and O–H groups in total. The van der Waals surface area contributed by atoms with Crippen molar-refractivity contribution in [1.82, 2.24) is 4.90 Å². The summed E-state index contributed by atoms with van der Waals surface area (Å²) in [6.45, 7) is 1.64. The van der Waals surface area contributed by atoms with Crippen molar-refractivity contribution in [3.63, 3.8) is 0 Å². The molecule has 0 spiro atoms. The Morgan fingerprint density at radius 3 is 2.33 bits per heavy atom. The summed E-state index contributed by atoms with van der Waals surface area (Å²) < 4.78 is 0. The second kappa shape index (κ2) is 5.85. The van der Waals surface area contributed by atoms with E-state index < -0.39 is 0 Å². The first-order valence-corrected chi connectivity index (χ1v) is 7.87. The second-order valence-corrected chi connectivity index (χ2v) is 6.38. The molecular weight excluding hydrogens is 311 g/mol. The molecule has 0 radical (unpaired) electrons. The quantitative estimate of drug-likeness (QED) is 0.927. The summed E-state index contributed by atoms with van der Waals surface area (Å²) >= 11 is 12.1. The Morgan fingerprint density at radius 2 is 1.71 bits per heavy atom. The van der Waals surface area contributed by atoms with Crippen molar-refractivity contribution in [3.05, 3.63) is 28.2 Å². The molecule has 112 valence electrons. The first kappa shape index (κ1) is 14.7. The molecule has 1 aliphatic carbocycles. The highest BCUT2D eigenvalue weighted by Gasteiger charge is 2.49. The maximum absolute atomic E-state index is 12.2. The van der Waals surface area contributed by atoms with E-state index in [-0.39, 0.29) is 23.7 Å². The molecular formula is C15H16Cl2N2O2. The molecule has 1 saturated carbocycles. The molecule has 1 aromatic carbocycles. The highest BCUT2D eigenvalue weighted by molar-refractivity contribution is 6.39. The Morgan fingerprint density at radius 1 is 1.10 bits per heavy atom. The zero-order chi connectivity index (χ0) is 15.0. The molecule has 1 heterocycles. The van der Waals surface area contributed by atoms with Crippen molar-refractivity contribution < 1.29 is 9.59 Å². The van der Waals surface area contributed by atoms with Gasteiger partial charge in [0.05, 0.1) is 27.6 Å². The molecule has 21 heavy (non-hydrogen) atoms. The summed E-state index contributed by atoms with van der Waals surface area (Å²) in [7, 11) is 0. The van der Waals surface area contributed by atoms with Gasteiger partial charge < -0.3 is 10.2 Å². The van der Waals surface area contributed by atoms with E-state index in [0.717, 1.165) is 25.9 Å². The summed E-state index contributed by atoms with van der Waals surface area (Å²) in [5.74, 6) is -0.504. The summed E-state index contributed by atoms with van der Waals surface area (Å²) in [5.41, 5.74) is 0.421. The molecule has 4 nitrogen and oxygen atoms in total. The minimum atomic E-state index is -0.259. The number of benzene rings is 1. The normalized spacial score (nSPS) is 24.0. The molecule has 2 unspecified atom stereocenters. The standard InChI is InChI=1S/C15H16Cl2N2O2/c16-11-4-3-5-12(17)13(11)18-14(20)9-8-10(9)15(21)19-6-1-2-7-19/h3-5,9-10H,1-2,6-8H2,(H,18,20). The maximum Gasteiger partial charge on any atom is 0.228 e. The van der Waals surface area contributed by atoms with Gasteiger partial charge in [-0.3, -0.25) is 9.59 Å². The lowest BCUT2D eigenvalue weighted by Gasteiger charge is -2.15. The van der Waals surface area contributed by atoms with E-state index in [4.69, 9.17) is 23.2 Å². The molecule has 1 aromatic rings. The predicted molar refractivity (Wildman–Crippen MR) is 82.5 cm³/mol. The largest absolute Gasteiger partial charge is 0.342 e. The van der Waals surface area contributed by atoms with Crippen molar-refractivity contribution in [2.45, 2.75) is 19.3 Å². The van der Waals surface area contributed by atoms with Gasteiger partial charge in [-0.2, -0.15) is 0 Å². The highest BCUT2D eigenvalue weighted by Crippen LogP contribution is 2.42. The zero-order valence-corrected chi connectivity index (χ0v) is 13.0. The molecule has 1 aliphatic heterocycles. The molecule has 2 aliphatic rings. The van der Waals surface area contributed by atoms with E-state index in [9.17, 15) is 9.59 Å². The number of halogens is 2. The fraction of sp³-hybridized carbons (Fsp3) is 0.467. The van der Waals surface area contributed by atoms with E-state index >= 15 is 0 Å².